The second-order valence-electron chi connectivity index (χ2n) is 6.45. The van der Waals surface area contributed by atoms with Crippen LogP contribution in [0, 0.1) is 6.92 Å². The van der Waals surface area contributed by atoms with Crippen LogP contribution in [-0.4, -0.2) is 43.3 Å². The first kappa shape index (κ1) is 18.8. The first-order valence-corrected chi connectivity index (χ1v) is 8.48. The number of carbonyl (C=O) groups excluding carboxylic acids is 1. The van der Waals surface area contributed by atoms with Gasteiger partial charge in [0.05, 0.1) is 12.6 Å². The van der Waals surface area contributed by atoms with Gasteiger partial charge in [-0.3, -0.25) is 4.57 Å². The number of nitrogens with zero attached hydrogens (tertiary/aromatic N) is 2. The molecule has 3 rings (SSSR count). The monoisotopic (exact) mass is 374 g/mol. The van der Waals surface area contributed by atoms with E-state index in [1.165, 1.54) is 4.57 Å². The van der Waals surface area contributed by atoms with Gasteiger partial charge in [0.2, 0.25) is 0 Å². The number of methoxy groups -OCH3 is 1. The number of carbonyl (C=O) groups is 1. The highest BCUT2D eigenvalue weighted by molar-refractivity contribution is 5.92. The minimum atomic E-state index is -0.817. The van der Waals surface area contributed by atoms with Crippen molar-refractivity contribution >= 4 is 17.0 Å². The zero-order chi connectivity index (χ0) is 19.6. The summed E-state index contributed by atoms with van der Waals surface area (Å²) in [6.45, 7) is 2.23. The van der Waals surface area contributed by atoms with E-state index < -0.39 is 11.9 Å². The molecule has 8 heteroatoms. The normalized spacial score (nSPS) is 11.3. The molecule has 0 spiro atoms. The Morgan fingerprint density at radius 3 is 2.67 bits per heavy atom. The number of likely N-dealkylation sites (N-methyl/N-ethyl adjacent to an activating group) is 1. The third-order valence-electron chi connectivity index (χ3n) is 4.28. The predicted molar refractivity (Wildman–Crippen MR) is 98.3 cm³/mol. The molecule has 2 aromatic heterocycles. The van der Waals surface area contributed by atoms with Gasteiger partial charge in [-0.25, -0.2) is 9.59 Å². The molecule has 0 bridgehead atoms. The van der Waals surface area contributed by atoms with Gasteiger partial charge in [0.25, 0.3) is 0 Å². The van der Waals surface area contributed by atoms with Gasteiger partial charge in [0.15, 0.2) is 18.1 Å². The van der Waals surface area contributed by atoms with Gasteiger partial charge in [0, 0.05) is 18.1 Å². The quantitative estimate of drug-likeness (QED) is 0.656. The smallest absolute Gasteiger partial charge is 0.497 e. The number of fused-ring (bicyclic) bond motifs is 1. The van der Waals surface area contributed by atoms with Crippen molar-refractivity contribution in [2.45, 2.75) is 20.0 Å². The number of ether oxygens (including phenoxy) is 2. The summed E-state index contributed by atoms with van der Waals surface area (Å²) in [6.07, 6.45) is 1.98. The van der Waals surface area contributed by atoms with Crippen LogP contribution in [0.15, 0.2) is 38.0 Å². The second kappa shape index (κ2) is 7.71. The summed E-state index contributed by atoms with van der Waals surface area (Å²) < 4.78 is 21.7. The lowest BCUT2D eigenvalue weighted by Gasteiger charge is -2.08. The van der Waals surface area contributed by atoms with E-state index in [0.717, 1.165) is 35.2 Å². The highest BCUT2D eigenvalue weighted by Crippen LogP contribution is 2.27. The fourth-order valence-corrected chi connectivity index (χ4v) is 2.80. The summed E-state index contributed by atoms with van der Waals surface area (Å²) in [5, 5.41) is 0.930. The fraction of sp³-hybridized carbons (Fsp3) is 0.368. The van der Waals surface area contributed by atoms with E-state index >= 15 is 0 Å². The molecule has 0 saturated carbocycles. The third kappa shape index (κ3) is 4.06. The summed E-state index contributed by atoms with van der Waals surface area (Å²) in [5.74, 6) is 0.388. The zero-order valence-electron chi connectivity index (χ0n) is 15.8. The third-order valence-corrected chi connectivity index (χ3v) is 4.28. The number of rotatable bonds is 6. The number of hydrogen-bond donors (Lipinski definition) is 0. The zero-order valence-corrected chi connectivity index (χ0v) is 15.8. The predicted octanol–water partition coefficient (Wildman–Crippen LogP) is 2.79. The SMILES string of the molecule is COc1ccc2c(c1)c(CCN(C)C)cn2C(=O)OCc1oc(=O)oc1C. The van der Waals surface area contributed by atoms with Crippen molar-refractivity contribution in [3.8, 4) is 5.75 Å². The molecule has 0 saturated heterocycles. The van der Waals surface area contributed by atoms with Crippen LogP contribution in [0.2, 0.25) is 0 Å². The lowest BCUT2D eigenvalue weighted by Crippen LogP contribution is -2.15. The van der Waals surface area contributed by atoms with Crippen molar-refractivity contribution in [2.24, 2.45) is 0 Å². The fourth-order valence-electron chi connectivity index (χ4n) is 2.80. The molecule has 0 fully saturated rings. The van der Waals surface area contributed by atoms with Crippen LogP contribution in [-0.2, 0) is 17.8 Å². The molecule has 0 aliphatic heterocycles. The number of aryl methyl sites for hydroxylation is 1. The van der Waals surface area contributed by atoms with E-state index in [0.29, 0.717) is 5.76 Å². The van der Waals surface area contributed by atoms with Crippen molar-refractivity contribution in [1.29, 1.82) is 0 Å². The molecule has 144 valence electrons. The van der Waals surface area contributed by atoms with Crippen molar-refractivity contribution in [1.82, 2.24) is 9.47 Å². The van der Waals surface area contributed by atoms with Gasteiger partial charge in [-0.2, -0.15) is 0 Å². The Morgan fingerprint density at radius 1 is 1.26 bits per heavy atom. The molecule has 8 nitrogen and oxygen atoms in total. The Labute approximate surface area is 155 Å². The van der Waals surface area contributed by atoms with E-state index in [1.54, 1.807) is 26.3 Å². The maximum Gasteiger partial charge on any atom is 0.519 e. The van der Waals surface area contributed by atoms with Crippen LogP contribution in [0.4, 0.5) is 4.79 Å². The van der Waals surface area contributed by atoms with Gasteiger partial charge < -0.3 is 23.2 Å². The van der Waals surface area contributed by atoms with Gasteiger partial charge >= 0.3 is 11.9 Å². The topological polar surface area (TPSA) is 87.0 Å². The van der Waals surface area contributed by atoms with E-state index in [1.807, 2.05) is 26.2 Å². The van der Waals surface area contributed by atoms with Gasteiger partial charge in [0.1, 0.15) is 5.75 Å². The Balaban J connectivity index is 1.89. The molecule has 2 heterocycles. The molecule has 0 amide bonds. The Bertz CT molecular complexity index is 1010. The Hall–Kier alpha value is -3.00. The van der Waals surface area contributed by atoms with E-state index in [4.69, 9.17) is 18.3 Å². The lowest BCUT2D eigenvalue weighted by atomic mass is 10.1. The minimum Gasteiger partial charge on any atom is -0.497 e. The van der Waals surface area contributed by atoms with Crippen LogP contribution in [0.25, 0.3) is 10.9 Å². The highest BCUT2D eigenvalue weighted by Gasteiger charge is 2.17. The van der Waals surface area contributed by atoms with Gasteiger partial charge in [-0.05, 0) is 51.2 Å². The molecule has 3 aromatic rings. The van der Waals surface area contributed by atoms with Crippen molar-refractivity contribution < 1.29 is 23.1 Å². The number of aromatic nitrogens is 1. The van der Waals surface area contributed by atoms with Crippen LogP contribution in [0.1, 0.15) is 17.1 Å². The molecule has 0 aliphatic rings. The summed E-state index contributed by atoms with van der Waals surface area (Å²) in [6, 6.07) is 5.52. The first-order valence-electron chi connectivity index (χ1n) is 8.48. The van der Waals surface area contributed by atoms with Crippen LogP contribution >= 0.6 is 0 Å². The highest BCUT2D eigenvalue weighted by atomic mass is 16.6. The molecular formula is C19H22N2O6. The Morgan fingerprint density at radius 2 is 2.04 bits per heavy atom. The first-order chi connectivity index (χ1) is 12.9. The van der Waals surface area contributed by atoms with Crippen molar-refractivity contribution in [3.63, 3.8) is 0 Å². The van der Waals surface area contributed by atoms with Crippen LogP contribution in [0.5, 0.6) is 5.75 Å². The van der Waals surface area contributed by atoms with Crippen LogP contribution < -0.4 is 10.6 Å². The summed E-state index contributed by atoms with van der Waals surface area (Å²) in [5.41, 5.74) is 1.74. The molecule has 1 aromatic carbocycles. The minimum absolute atomic E-state index is 0.181. The van der Waals surface area contributed by atoms with E-state index in [9.17, 15) is 9.59 Å². The molecule has 27 heavy (non-hydrogen) atoms. The van der Waals surface area contributed by atoms with E-state index in [-0.39, 0.29) is 12.4 Å². The molecule has 0 aliphatic carbocycles. The lowest BCUT2D eigenvalue weighted by molar-refractivity contribution is 0.132. The average molecular weight is 374 g/mol. The maximum atomic E-state index is 12.6. The van der Waals surface area contributed by atoms with Crippen LogP contribution in [0.3, 0.4) is 0 Å². The number of benzene rings is 1. The number of hydrogen-bond acceptors (Lipinski definition) is 7. The van der Waals surface area contributed by atoms with E-state index in [2.05, 4.69) is 4.90 Å². The van der Waals surface area contributed by atoms with Crippen molar-refractivity contribution in [3.05, 3.63) is 52.1 Å². The summed E-state index contributed by atoms with van der Waals surface area (Å²) >= 11 is 0. The van der Waals surface area contributed by atoms with Gasteiger partial charge in [-0.1, -0.05) is 0 Å². The molecule has 0 atom stereocenters. The average Bonchev–Trinajstić information content (AvgIpc) is 3.16. The largest absolute Gasteiger partial charge is 0.519 e. The Kier molecular flexibility index (Phi) is 5.36. The summed E-state index contributed by atoms with van der Waals surface area (Å²) in [7, 11) is 5.59. The standard InChI is InChI=1S/C19H22N2O6/c1-12-17(27-19(23)26-12)11-25-18(22)21-10-13(7-8-20(2)3)15-9-14(24-4)5-6-16(15)21/h5-6,9-10H,7-8,11H2,1-4H3. The molecule has 0 radical (unpaired) electrons. The van der Waals surface area contributed by atoms with Gasteiger partial charge in [-0.15, -0.1) is 0 Å². The summed E-state index contributed by atoms with van der Waals surface area (Å²) in [4.78, 5) is 25.8. The maximum absolute atomic E-state index is 12.6. The molecule has 0 N–H and O–H groups in total. The van der Waals surface area contributed by atoms with Crippen molar-refractivity contribution in [2.75, 3.05) is 27.7 Å². The second-order valence-corrected chi connectivity index (χ2v) is 6.45. The molecular weight excluding hydrogens is 352 g/mol. The molecule has 0 unspecified atom stereocenters.